The maximum Gasteiger partial charge on any atom is 0.227 e. The summed E-state index contributed by atoms with van der Waals surface area (Å²) in [6.45, 7) is 8.45. The van der Waals surface area contributed by atoms with E-state index in [1.165, 1.54) is 97.7 Å². The molecular formula is C49H36BO2. The average molecular weight is 668 g/mol. The van der Waals surface area contributed by atoms with Crippen LogP contribution in [0.3, 0.4) is 0 Å². The van der Waals surface area contributed by atoms with E-state index in [1.54, 1.807) is 0 Å². The van der Waals surface area contributed by atoms with Gasteiger partial charge in [-0.3, -0.25) is 0 Å². The van der Waals surface area contributed by atoms with Crippen LogP contribution in [0.5, 0.6) is 0 Å². The van der Waals surface area contributed by atoms with Gasteiger partial charge in [-0.2, -0.15) is 0 Å². The van der Waals surface area contributed by atoms with Crippen molar-refractivity contribution in [2.45, 2.75) is 45.1 Å². The predicted octanol–water partition coefficient (Wildman–Crippen LogP) is 12.2. The fourth-order valence-electron chi connectivity index (χ4n) is 9.21. The van der Waals surface area contributed by atoms with E-state index < -0.39 is 17.4 Å². The molecule has 1 heterocycles. The molecule has 2 nitrogen and oxygen atoms in total. The van der Waals surface area contributed by atoms with Crippen LogP contribution >= 0.6 is 0 Å². The number of benzene rings is 8. The SMILES string of the molecule is CC1(C)OC([B]c2ccc3c4c(-c5ccccc5)c5cc6c(cc5c(-c5ccccc5)c4c4cccc2c43)c2cccc3cccc6c32)OC1(C)C. The standard InChI is InChI=1S/C49H36BO2/c1-48(2)49(3,4)52-47(51-48)50-40-25-24-35-44-33(40)22-13-23-34(44)45-42(29-14-7-5-8-15-29)38-26-36-31-20-11-18-28-19-12-21-32(41(28)31)37(36)27-39(38)43(46(35)45)30-16-9-6-10-17-30/h5-27,47H,1-4H3. The average Bonchev–Trinajstić information content (AvgIpc) is 3.73. The number of fused-ring (bicyclic) bond motifs is 7. The first-order valence-electron chi connectivity index (χ1n) is 18.4. The van der Waals surface area contributed by atoms with Crippen LogP contribution in [0.2, 0.25) is 0 Å². The van der Waals surface area contributed by atoms with Gasteiger partial charge < -0.3 is 9.47 Å². The van der Waals surface area contributed by atoms with Crippen LogP contribution < -0.4 is 5.46 Å². The molecule has 0 atom stereocenters. The Kier molecular flexibility index (Phi) is 6.12. The molecular weight excluding hydrogens is 631 g/mol. The largest absolute Gasteiger partial charge is 0.352 e. The third kappa shape index (κ3) is 4.04. The number of rotatable bonds is 4. The van der Waals surface area contributed by atoms with Crippen molar-refractivity contribution >= 4 is 88.1 Å². The lowest BCUT2D eigenvalue weighted by Crippen LogP contribution is -2.41. The van der Waals surface area contributed by atoms with Crippen molar-refractivity contribution in [2.75, 3.05) is 0 Å². The lowest BCUT2D eigenvalue weighted by atomic mass is 9.67. The topological polar surface area (TPSA) is 18.5 Å². The summed E-state index contributed by atoms with van der Waals surface area (Å²) >= 11 is 0. The summed E-state index contributed by atoms with van der Waals surface area (Å²) in [5, 5.41) is 18.1. The molecule has 1 aliphatic heterocycles. The van der Waals surface area contributed by atoms with Crippen LogP contribution in [0, 0.1) is 0 Å². The van der Waals surface area contributed by atoms with Gasteiger partial charge in [-0.25, -0.2) is 0 Å². The van der Waals surface area contributed by atoms with Crippen molar-refractivity contribution in [1.82, 2.24) is 0 Å². The normalized spacial score (nSPS) is 16.2. The van der Waals surface area contributed by atoms with E-state index in [1.807, 2.05) is 0 Å². The smallest absolute Gasteiger partial charge is 0.227 e. The molecule has 0 aromatic heterocycles. The van der Waals surface area contributed by atoms with E-state index >= 15 is 0 Å². The Morgan fingerprint density at radius 2 is 0.885 bits per heavy atom. The first-order chi connectivity index (χ1) is 25.3. The zero-order valence-corrected chi connectivity index (χ0v) is 29.8. The minimum Gasteiger partial charge on any atom is -0.352 e. The van der Waals surface area contributed by atoms with Crippen molar-refractivity contribution in [1.29, 1.82) is 0 Å². The second-order valence-corrected chi connectivity index (χ2v) is 15.6. The van der Waals surface area contributed by atoms with Gasteiger partial charge in [0.1, 0.15) is 6.19 Å². The quantitative estimate of drug-likeness (QED) is 0.174. The summed E-state index contributed by atoms with van der Waals surface area (Å²) in [5.74, 6) is 0. The van der Waals surface area contributed by atoms with E-state index in [9.17, 15) is 0 Å². The van der Waals surface area contributed by atoms with Gasteiger partial charge >= 0.3 is 0 Å². The zero-order valence-electron chi connectivity index (χ0n) is 29.8. The van der Waals surface area contributed by atoms with Crippen LogP contribution in [0.1, 0.15) is 27.7 Å². The van der Waals surface area contributed by atoms with E-state index in [0.717, 1.165) is 5.46 Å². The predicted molar refractivity (Wildman–Crippen MR) is 222 cm³/mol. The maximum atomic E-state index is 6.47. The third-order valence-corrected chi connectivity index (χ3v) is 12.3. The highest BCUT2D eigenvalue weighted by molar-refractivity contribution is 6.59. The molecule has 0 N–H and O–H groups in total. The second kappa shape index (κ2) is 10.5. The van der Waals surface area contributed by atoms with Gasteiger partial charge in [0.2, 0.25) is 7.28 Å². The molecule has 10 aromatic rings. The van der Waals surface area contributed by atoms with Gasteiger partial charge in [-0.15, -0.1) is 0 Å². The van der Waals surface area contributed by atoms with Crippen molar-refractivity contribution < 1.29 is 9.47 Å². The molecule has 0 spiro atoms. The van der Waals surface area contributed by atoms with E-state index in [2.05, 4.69) is 175 Å². The van der Waals surface area contributed by atoms with E-state index in [4.69, 9.17) is 9.47 Å². The molecule has 1 aliphatic rings. The summed E-state index contributed by atoms with van der Waals surface area (Å²) in [7, 11) is 2.16. The molecule has 1 radical (unpaired) electrons. The summed E-state index contributed by atoms with van der Waals surface area (Å²) in [6.07, 6.45) is -0.428. The molecule has 3 heteroatoms. The lowest BCUT2D eigenvalue weighted by molar-refractivity contribution is -0.0267. The molecule has 1 fully saturated rings. The van der Waals surface area contributed by atoms with Crippen LogP contribution in [-0.4, -0.2) is 24.7 Å². The Labute approximate surface area is 303 Å². The maximum absolute atomic E-state index is 6.47. The van der Waals surface area contributed by atoms with Gasteiger partial charge in [-0.05, 0) is 137 Å². The molecule has 0 amide bonds. The highest BCUT2D eigenvalue weighted by Gasteiger charge is 2.49. The molecule has 247 valence electrons. The first kappa shape index (κ1) is 30.2. The molecule has 1 saturated heterocycles. The van der Waals surface area contributed by atoms with Crippen molar-refractivity contribution in [3.05, 3.63) is 140 Å². The van der Waals surface area contributed by atoms with E-state index in [-0.39, 0.29) is 0 Å². The number of hydrogen-bond acceptors (Lipinski definition) is 2. The van der Waals surface area contributed by atoms with Gasteiger partial charge in [-0.1, -0.05) is 133 Å². The number of hydrogen-bond donors (Lipinski definition) is 0. The molecule has 52 heavy (non-hydrogen) atoms. The monoisotopic (exact) mass is 667 g/mol. The second-order valence-electron chi connectivity index (χ2n) is 15.6. The fourth-order valence-corrected chi connectivity index (χ4v) is 9.21. The molecule has 0 saturated carbocycles. The van der Waals surface area contributed by atoms with Gasteiger partial charge in [0, 0.05) is 0 Å². The minimum absolute atomic E-state index is 0.402. The van der Waals surface area contributed by atoms with Gasteiger partial charge in [0.25, 0.3) is 0 Å². The Hall–Kier alpha value is -5.48. The van der Waals surface area contributed by atoms with Crippen LogP contribution in [0.15, 0.2) is 140 Å². The molecule has 0 bridgehead atoms. The first-order valence-corrected chi connectivity index (χ1v) is 18.4. The van der Waals surface area contributed by atoms with Gasteiger partial charge in [0.05, 0.1) is 11.2 Å². The van der Waals surface area contributed by atoms with Gasteiger partial charge in [0.15, 0.2) is 0 Å². The summed E-state index contributed by atoms with van der Waals surface area (Å²) in [4.78, 5) is 0. The minimum atomic E-state index is -0.428. The van der Waals surface area contributed by atoms with Crippen molar-refractivity contribution in [3.8, 4) is 22.3 Å². The zero-order chi connectivity index (χ0) is 34.9. The van der Waals surface area contributed by atoms with Crippen LogP contribution in [0.25, 0.3) is 97.7 Å². The van der Waals surface area contributed by atoms with Crippen LogP contribution in [0.4, 0.5) is 0 Å². The highest BCUT2D eigenvalue weighted by atomic mass is 16.7. The lowest BCUT2D eigenvalue weighted by Gasteiger charge is -2.30. The Morgan fingerprint density at radius 1 is 0.404 bits per heavy atom. The fraction of sp³-hybridized carbons (Fsp3) is 0.143. The van der Waals surface area contributed by atoms with Crippen LogP contribution in [-0.2, 0) is 9.47 Å². The molecule has 0 aliphatic carbocycles. The van der Waals surface area contributed by atoms with E-state index in [0.29, 0.717) is 0 Å². The molecule has 10 aromatic carbocycles. The summed E-state index contributed by atoms with van der Waals surface area (Å²) in [6, 6.07) is 51.9. The Balaban J connectivity index is 1.31. The summed E-state index contributed by atoms with van der Waals surface area (Å²) < 4.78 is 12.9. The Bertz CT molecular complexity index is 2870. The third-order valence-electron chi connectivity index (χ3n) is 12.3. The summed E-state index contributed by atoms with van der Waals surface area (Å²) in [5.41, 5.74) is 5.36. The molecule has 0 unspecified atom stereocenters. The van der Waals surface area contributed by atoms with Crippen molar-refractivity contribution in [3.63, 3.8) is 0 Å². The number of ether oxygens (including phenoxy) is 2. The molecule has 11 rings (SSSR count). The highest BCUT2D eigenvalue weighted by Crippen LogP contribution is 2.53. The van der Waals surface area contributed by atoms with Crippen molar-refractivity contribution in [2.24, 2.45) is 0 Å². The Morgan fingerprint density at radius 3 is 1.44 bits per heavy atom.